The van der Waals surface area contributed by atoms with Gasteiger partial charge in [0.2, 0.25) is 0 Å². The second kappa shape index (κ2) is 1.66. The number of rotatable bonds is 0. The normalized spacial score (nSPS) is 9.43. The van der Waals surface area contributed by atoms with E-state index in [1.165, 1.54) is 6.39 Å². The maximum atomic E-state index is 4.81. The molecule has 0 saturated heterocycles. The van der Waals surface area contributed by atoms with E-state index in [-0.39, 0.29) is 0 Å². The fourth-order valence-corrected chi connectivity index (χ4v) is 0.468. The third-order valence-corrected chi connectivity index (χ3v) is 1.45. The zero-order chi connectivity index (χ0) is 5.28. The Hall–Kier alpha value is -0.310. The summed E-state index contributed by atoms with van der Waals surface area (Å²) in [5.41, 5.74) is 0. The lowest BCUT2D eigenvalue weighted by atomic mass is 10.6. The topological polar surface area (TPSA) is 26.0 Å². The van der Waals surface area contributed by atoms with Crippen LogP contribution < -0.4 is 0 Å². The zero-order valence-electron chi connectivity index (χ0n) is 3.81. The van der Waals surface area contributed by atoms with Crippen molar-refractivity contribution in [1.29, 1.82) is 0 Å². The standard InChI is InChI=1S/C4H4BrNO/c1-3-4(5)6-2-7-3/h2H,1H3. The van der Waals surface area contributed by atoms with Crippen LogP contribution in [0, 0.1) is 6.92 Å². The van der Waals surface area contributed by atoms with Crippen molar-refractivity contribution in [3.8, 4) is 0 Å². The molecule has 0 aliphatic rings. The smallest absolute Gasteiger partial charge is 0.182 e. The van der Waals surface area contributed by atoms with Crippen LogP contribution in [0.3, 0.4) is 0 Å². The summed E-state index contributed by atoms with van der Waals surface area (Å²) in [6.45, 7) is 1.84. The maximum Gasteiger partial charge on any atom is 0.182 e. The lowest BCUT2D eigenvalue weighted by molar-refractivity contribution is 0.526. The van der Waals surface area contributed by atoms with Crippen LogP contribution in [-0.2, 0) is 0 Å². The number of hydrogen-bond donors (Lipinski definition) is 0. The summed E-state index contributed by atoms with van der Waals surface area (Å²) in [6, 6.07) is 0. The predicted molar refractivity (Wildman–Crippen MR) is 28.9 cm³/mol. The van der Waals surface area contributed by atoms with Gasteiger partial charge < -0.3 is 4.42 Å². The molecule has 2 nitrogen and oxygen atoms in total. The highest BCUT2D eigenvalue weighted by atomic mass is 79.9. The lowest BCUT2D eigenvalue weighted by Crippen LogP contribution is -1.61. The highest BCUT2D eigenvalue weighted by molar-refractivity contribution is 9.10. The molecule has 38 valence electrons. The summed E-state index contributed by atoms with van der Waals surface area (Å²) in [7, 11) is 0. The average molecular weight is 162 g/mol. The summed E-state index contributed by atoms with van der Waals surface area (Å²) < 4.78 is 5.59. The van der Waals surface area contributed by atoms with Crippen LogP contribution in [0.5, 0.6) is 0 Å². The van der Waals surface area contributed by atoms with Crippen LogP contribution in [0.2, 0.25) is 0 Å². The van der Waals surface area contributed by atoms with E-state index in [2.05, 4.69) is 20.9 Å². The molecular weight excluding hydrogens is 158 g/mol. The van der Waals surface area contributed by atoms with Crippen molar-refractivity contribution in [3.05, 3.63) is 16.8 Å². The molecule has 0 saturated carbocycles. The Morgan fingerprint density at radius 3 is 2.71 bits per heavy atom. The number of nitrogens with zero attached hydrogens (tertiary/aromatic N) is 1. The highest BCUT2D eigenvalue weighted by Gasteiger charge is 1.93. The summed E-state index contributed by atoms with van der Waals surface area (Å²) >= 11 is 3.16. The van der Waals surface area contributed by atoms with Crippen molar-refractivity contribution in [3.63, 3.8) is 0 Å². The molecule has 1 heterocycles. The highest BCUT2D eigenvalue weighted by Crippen LogP contribution is 2.10. The minimum Gasteiger partial charge on any atom is -0.448 e. The van der Waals surface area contributed by atoms with Gasteiger partial charge in [-0.05, 0) is 22.9 Å². The number of aromatic nitrogens is 1. The summed E-state index contributed by atoms with van der Waals surface area (Å²) in [5, 5.41) is 0. The van der Waals surface area contributed by atoms with E-state index >= 15 is 0 Å². The summed E-state index contributed by atoms with van der Waals surface area (Å²) in [4.78, 5) is 3.77. The van der Waals surface area contributed by atoms with Gasteiger partial charge in [0.1, 0.15) is 10.4 Å². The predicted octanol–water partition coefficient (Wildman–Crippen LogP) is 1.75. The Morgan fingerprint density at radius 1 is 1.86 bits per heavy atom. The summed E-state index contributed by atoms with van der Waals surface area (Å²) in [5.74, 6) is 0.819. The molecular formula is C4H4BrNO. The van der Waals surface area contributed by atoms with Crippen molar-refractivity contribution in [2.75, 3.05) is 0 Å². The molecule has 0 bridgehead atoms. The Balaban J connectivity index is 3.12. The van der Waals surface area contributed by atoms with Gasteiger partial charge in [-0.2, -0.15) is 0 Å². The van der Waals surface area contributed by atoms with E-state index in [0.717, 1.165) is 10.4 Å². The first-order chi connectivity index (χ1) is 3.30. The van der Waals surface area contributed by atoms with Crippen LogP contribution >= 0.6 is 15.9 Å². The van der Waals surface area contributed by atoms with Crippen molar-refractivity contribution >= 4 is 15.9 Å². The summed E-state index contributed by atoms with van der Waals surface area (Å²) in [6.07, 6.45) is 1.40. The number of hydrogen-bond acceptors (Lipinski definition) is 2. The van der Waals surface area contributed by atoms with Crippen LogP contribution in [0.4, 0.5) is 0 Å². The fraction of sp³-hybridized carbons (Fsp3) is 0.250. The Labute approximate surface area is 49.7 Å². The van der Waals surface area contributed by atoms with Gasteiger partial charge in [-0.15, -0.1) is 0 Å². The van der Waals surface area contributed by atoms with Crippen molar-refractivity contribution in [2.45, 2.75) is 6.92 Å². The van der Waals surface area contributed by atoms with Gasteiger partial charge in [0, 0.05) is 0 Å². The van der Waals surface area contributed by atoms with Crippen LogP contribution in [0.15, 0.2) is 15.4 Å². The molecule has 0 amide bonds. The third kappa shape index (κ3) is 0.825. The number of halogens is 1. The molecule has 0 aliphatic heterocycles. The van der Waals surface area contributed by atoms with Gasteiger partial charge in [0.25, 0.3) is 0 Å². The van der Waals surface area contributed by atoms with Gasteiger partial charge in [0.05, 0.1) is 0 Å². The Morgan fingerprint density at radius 2 is 2.57 bits per heavy atom. The quantitative estimate of drug-likeness (QED) is 0.580. The van der Waals surface area contributed by atoms with Crippen LogP contribution in [0.25, 0.3) is 0 Å². The molecule has 1 aromatic heterocycles. The Bertz CT molecular complexity index is 144. The SMILES string of the molecule is Cc1ocnc1Br. The molecule has 0 unspecified atom stereocenters. The molecule has 0 aromatic carbocycles. The van der Waals surface area contributed by atoms with E-state index in [9.17, 15) is 0 Å². The van der Waals surface area contributed by atoms with Gasteiger partial charge in [-0.3, -0.25) is 0 Å². The molecule has 0 atom stereocenters. The second-order valence-electron chi connectivity index (χ2n) is 1.20. The lowest BCUT2D eigenvalue weighted by Gasteiger charge is -1.74. The van der Waals surface area contributed by atoms with Gasteiger partial charge >= 0.3 is 0 Å². The Kier molecular flexibility index (Phi) is 1.15. The van der Waals surface area contributed by atoms with Crippen LogP contribution in [0.1, 0.15) is 5.76 Å². The first-order valence-electron chi connectivity index (χ1n) is 1.86. The molecule has 3 heteroatoms. The van der Waals surface area contributed by atoms with Crippen molar-refractivity contribution < 1.29 is 4.42 Å². The van der Waals surface area contributed by atoms with Crippen molar-refractivity contribution in [1.82, 2.24) is 4.98 Å². The van der Waals surface area contributed by atoms with E-state index in [0.29, 0.717) is 0 Å². The van der Waals surface area contributed by atoms with E-state index in [1.807, 2.05) is 6.92 Å². The maximum absolute atomic E-state index is 4.81. The minimum atomic E-state index is 0.785. The van der Waals surface area contributed by atoms with Gasteiger partial charge in [-0.25, -0.2) is 4.98 Å². The largest absolute Gasteiger partial charge is 0.448 e. The molecule has 1 rings (SSSR count). The first-order valence-corrected chi connectivity index (χ1v) is 2.65. The minimum absolute atomic E-state index is 0.785. The number of aryl methyl sites for hydroxylation is 1. The van der Waals surface area contributed by atoms with Gasteiger partial charge in [-0.1, -0.05) is 0 Å². The van der Waals surface area contributed by atoms with E-state index < -0.39 is 0 Å². The van der Waals surface area contributed by atoms with Crippen molar-refractivity contribution in [2.24, 2.45) is 0 Å². The van der Waals surface area contributed by atoms with E-state index in [4.69, 9.17) is 4.42 Å². The molecule has 7 heavy (non-hydrogen) atoms. The third-order valence-electron chi connectivity index (χ3n) is 0.686. The molecule has 0 aliphatic carbocycles. The average Bonchev–Trinajstić information content (AvgIpc) is 1.91. The molecule has 0 N–H and O–H groups in total. The fourth-order valence-electron chi connectivity index (χ4n) is 0.291. The first kappa shape index (κ1) is 4.84. The number of oxazole rings is 1. The molecule has 0 radical (unpaired) electrons. The molecule has 0 fully saturated rings. The van der Waals surface area contributed by atoms with Crippen LogP contribution in [-0.4, -0.2) is 4.98 Å². The second-order valence-corrected chi connectivity index (χ2v) is 1.95. The molecule has 0 spiro atoms. The monoisotopic (exact) mass is 161 g/mol. The molecule has 1 aromatic rings. The van der Waals surface area contributed by atoms with E-state index in [1.54, 1.807) is 0 Å². The van der Waals surface area contributed by atoms with Gasteiger partial charge in [0.15, 0.2) is 6.39 Å². The zero-order valence-corrected chi connectivity index (χ0v) is 5.40.